The minimum Gasteiger partial charge on any atom is -0.407 e. The van der Waals surface area contributed by atoms with Crippen molar-refractivity contribution in [3.63, 3.8) is 0 Å². The van der Waals surface area contributed by atoms with Crippen LogP contribution in [0.1, 0.15) is 6.92 Å². The van der Waals surface area contributed by atoms with Gasteiger partial charge in [0.1, 0.15) is 6.04 Å². The Morgan fingerprint density at radius 3 is 2.32 bits per heavy atom. The van der Waals surface area contributed by atoms with Crippen LogP contribution in [0.25, 0.3) is 0 Å². The van der Waals surface area contributed by atoms with E-state index in [9.17, 15) is 14.4 Å². The Balaban J connectivity index is 2.13. The van der Waals surface area contributed by atoms with Crippen LogP contribution in [-0.4, -0.2) is 99.8 Å². The Bertz CT molecular complexity index is 448. The third-order valence-electron chi connectivity index (χ3n) is 3.86. The fraction of sp³-hybridized carbons (Fsp3) is 0.786. The van der Waals surface area contributed by atoms with Gasteiger partial charge in [-0.15, -0.1) is 0 Å². The Labute approximate surface area is 155 Å². The summed E-state index contributed by atoms with van der Waals surface area (Å²) in [6.45, 7) is 7.04. The molecule has 0 aliphatic carbocycles. The molecule has 1 aliphatic rings. The van der Waals surface area contributed by atoms with E-state index in [0.717, 1.165) is 26.2 Å². The first-order chi connectivity index (χ1) is 12.0. The van der Waals surface area contributed by atoms with Gasteiger partial charge in [0.15, 0.2) is 0 Å². The first kappa shape index (κ1) is 21.6. The third-order valence-corrected chi connectivity index (χ3v) is 4.09. The molecule has 4 N–H and O–H groups in total. The van der Waals surface area contributed by atoms with Crippen molar-refractivity contribution in [3.05, 3.63) is 0 Å². The number of piperazine rings is 1. The molecule has 0 bridgehead atoms. The second kappa shape index (κ2) is 12.0. The lowest BCUT2D eigenvalue weighted by atomic mass is 10.3. The van der Waals surface area contributed by atoms with Gasteiger partial charge in [0, 0.05) is 51.6 Å². The second-order valence-corrected chi connectivity index (χ2v) is 6.27. The number of nitrogens with one attached hydrogen (secondary N) is 4. The maximum absolute atomic E-state index is 11.7. The summed E-state index contributed by atoms with van der Waals surface area (Å²) >= 11 is 4.06. The van der Waals surface area contributed by atoms with Crippen molar-refractivity contribution in [3.8, 4) is 0 Å². The minimum absolute atomic E-state index is 0.0245. The number of rotatable bonds is 9. The Kier molecular flexibility index (Phi) is 10.4. The minimum atomic E-state index is -0.692. The summed E-state index contributed by atoms with van der Waals surface area (Å²) in [5.74, 6) is 0.205. The highest BCUT2D eigenvalue weighted by atomic mass is 32.1. The molecule has 25 heavy (non-hydrogen) atoms. The van der Waals surface area contributed by atoms with Crippen LogP contribution in [0.5, 0.6) is 0 Å². The molecule has 0 aromatic carbocycles. The SMILES string of the molecule is [B]NC(=O)[C@H](C)NC(=O)NCCN1CCN(CC(=O)NCCS)CC1. The van der Waals surface area contributed by atoms with Crippen molar-refractivity contribution in [1.29, 1.82) is 0 Å². The van der Waals surface area contributed by atoms with Crippen molar-refractivity contribution < 1.29 is 14.4 Å². The van der Waals surface area contributed by atoms with E-state index < -0.39 is 18.0 Å². The maximum atomic E-state index is 11.7. The molecule has 4 amide bonds. The van der Waals surface area contributed by atoms with Crippen LogP contribution in [0.2, 0.25) is 0 Å². The van der Waals surface area contributed by atoms with Crippen LogP contribution in [0, 0.1) is 0 Å². The summed E-state index contributed by atoms with van der Waals surface area (Å²) in [5.41, 5.74) is 0. The largest absolute Gasteiger partial charge is 0.407 e. The molecule has 1 aliphatic heterocycles. The van der Waals surface area contributed by atoms with Crippen LogP contribution in [0.4, 0.5) is 4.79 Å². The molecule has 1 rings (SSSR count). The molecule has 0 spiro atoms. The lowest BCUT2D eigenvalue weighted by molar-refractivity contribution is -0.122. The van der Waals surface area contributed by atoms with Crippen LogP contribution < -0.4 is 21.2 Å². The first-order valence-electron chi connectivity index (χ1n) is 8.33. The molecule has 1 heterocycles. The maximum Gasteiger partial charge on any atom is 0.315 e. The zero-order valence-corrected chi connectivity index (χ0v) is 15.5. The highest BCUT2D eigenvalue weighted by Gasteiger charge is 2.19. The van der Waals surface area contributed by atoms with E-state index >= 15 is 0 Å². The van der Waals surface area contributed by atoms with Gasteiger partial charge in [0.2, 0.25) is 19.8 Å². The zero-order chi connectivity index (χ0) is 18.7. The number of thiol groups is 1. The fourth-order valence-corrected chi connectivity index (χ4v) is 2.50. The molecule has 1 saturated heterocycles. The molecule has 11 heteroatoms. The standard InChI is InChI=1S/C14H27BN6O3S/c1-11(13(23)19-15)18-14(24)17-2-4-20-5-7-21(8-6-20)10-12(22)16-3-9-25/h11,25H,2-10H2,1H3,(H,16,22)(H,19,23)(H2,17,18,24)/t11-/m0/s1. The van der Waals surface area contributed by atoms with Gasteiger partial charge in [-0.25, -0.2) is 4.79 Å². The average molecular weight is 370 g/mol. The van der Waals surface area contributed by atoms with Crippen molar-refractivity contribution >= 4 is 38.5 Å². The van der Waals surface area contributed by atoms with E-state index in [0.29, 0.717) is 31.9 Å². The van der Waals surface area contributed by atoms with E-state index in [1.807, 2.05) is 5.23 Å². The Morgan fingerprint density at radius 1 is 1.08 bits per heavy atom. The lowest BCUT2D eigenvalue weighted by Gasteiger charge is -2.34. The zero-order valence-electron chi connectivity index (χ0n) is 14.6. The van der Waals surface area contributed by atoms with Gasteiger partial charge in [0.05, 0.1) is 6.54 Å². The van der Waals surface area contributed by atoms with Gasteiger partial charge in [-0.3, -0.25) is 19.4 Å². The highest BCUT2D eigenvalue weighted by Crippen LogP contribution is 2.00. The molecule has 0 aromatic rings. The summed E-state index contributed by atoms with van der Waals surface area (Å²) < 4.78 is 0. The number of carbonyl (C=O) groups excluding carboxylic acids is 3. The van der Waals surface area contributed by atoms with E-state index in [1.54, 1.807) is 6.92 Å². The van der Waals surface area contributed by atoms with Gasteiger partial charge >= 0.3 is 6.03 Å². The molecular weight excluding hydrogens is 343 g/mol. The third kappa shape index (κ3) is 8.98. The van der Waals surface area contributed by atoms with Crippen LogP contribution in [-0.2, 0) is 9.59 Å². The van der Waals surface area contributed by atoms with Gasteiger partial charge < -0.3 is 21.2 Å². The predicted octanol–water partition coefficient (Wildman–Crippen LogP) is -2.46. The number of hydrogen-bond acceptors (Lipinski definition) is 6. The van der Waals surface area contributed by atoms with Crippen LogP contribution in [0.15, 0.2) is 0 Å². The molecule has 0 saturated carbocycles. The number of urea groups is 1. The predicted molar refractivity (Wildman–Crippen MR) is 99.6 cm³/mol. The molecular formula is C14H27BN6O3S. The molecule has 9 nitrogen and oxygen atoms in total. The molecule has 0 aromatic heterocycles. The summed E-state index contributed by atoms with van der Waals surface area (Å²) in [7, 11) is 5.00. The quantitative estimate of drug-likeness (QED) is 0.229. The molecule has 1 fully saturated rings. The highest BCUT2D eigenvalue weighted by molar-refractivity contribution is 7.80. The molecule has 1 atom stereocenters. The smallest absolute Gasteiger partial charge is 0.315 e. The van der Waals surface area contributed by atoms with Crippen molar-refractivity contribution in [2.45, 2.75) is 13.0 Å². The van der Waals surface area contributed by atoms with Crippen molar-refractivity contribution in [1.82, 2.24) is 31.0 Å². The van der Waals surface area contributed by atoms with E-state index in [-0.39, 0.29) is 5.91 Å². The van der Waals surface area contributed by atoms with Crippen molar-refractivity contribution in [2.24, 2.45) is 0 Å². The van der Waals surface area contributed by atoms with E-state index in [4.69, 9.17) is 7.98 Å². The topological polar surface area (TPSA) is 106 Å². The fourth-order valence-electron chi connectivity index (χ4n) is 2.39. The van der Waals surface area contributed by atoms with Gasteiger partial charge in [-0.1, -0.05) is 0 Å². The van der Waals surface area contributed by atoms with Crippen molar-refractivity contribution in [2.75, 3.05) is 58.1 Å². The summed E-state index contributed by atoms with van der Waals surface area (Å²) in [5, 5.41) is 9.99. The van der Waals surface area contributed by atoms with E-state index in [2.05, 4.69) is 38.4 Å². The second-order valence-electron chi connectivity index (χ2n) is 5.82. The number of amides is 4. The van der Waals surface area contributed by atoms with Gasteiger partial charge in [0.25, 0.3) is 0 Å². The number of carbonyl (C=O) groups is 3. The average Bonchev–Trinajstić information content (AvgIpc) is 2.60. The van der Waals surface area contributed by atoms with E-state index in [1.165, 1.54) is 0 Å². The number of hydrogen-bond donors (Lipinski definition) is 5. The molecule has 0 unspecified atom stereocenters. The Hall–Kier alpha value is -1.46. The summed E-state index contributed by atoms with van der Waals surface area (Å²) in [6.07, 6.45) is 0. The van der Waals surface area contributed by atoms with Gasteiger partial charge in [-0.05, 0) is 6.92 Å². The van der Waals surface area contributed by atoms with Crippen LogP contribution in [0.3, 0.4) is 0 Å². The summed E-state index contributed by atoms with van der Waals surface area (Å²) in [4.78, 5) is 38.9. The normalized spacial score (nSPS) is 16.7. The summed E-state index contributed by atoms with van der Waals surface area (Å²) in [6, 6.07) is -1.10. The first-order valence-corrected chi connectivity index (χ1v) is 8.96. The molecule has 2 radical (unpaired) electrons. The lowest BCUT2D eigenvalue weighted by Crippen LogP contribution is -2.52. The van der Waals surface area contributed by atoms with Gasteiger partial charge in [-0.2, -0.15) is 12.6 Å². The van der Waals surface area contributed by atoms with Crippen LogP contribution >= 0.6 is 12.6 Å². The Morgan fingerprint density at radius 2 is 1.72 bits per heavy atom. The molecule has 140 valence electrons. The number of nitrogens with zero attached hydrogens (tertiary/aromatic N) is 2. The monoisotopic (exact) mass is 370 g/mol.